The van der Waals surface area contributed by atoms with Gasteiger partial charge in [-0.25, -0.2) is 8.42 Å². The largest absolute Gasteiger partial charge is 0.486 e. The fourth-order valence-electron chi connectivity index (χ4n) is 4.16. The number of benzene rings is 2. The molecule has 0 atom stereocenters. The van der Waals surface area contributed by atoms with Crippen LogP contribution in [0.4, 0.5) is 11.4 Å². The standard InChI is InChI=1S/C23H23BrN2O6S/c24-16-11-15-5-7-26(23(28)14-1-2-14)22(15)20(12-16)33(29,30)10-6-21(27)25-17-3-4-18-19(13-17)32-9-8-31-18/h3-4,11-14H,1-2,5-10H2,(H,25,27). The summed E-state index contributed by atoms with van der Waals surface area (Å²) in [5.41, 5.74) is 1.81. The average Bonchev–Trinajstić information content (AvgIpc) is 3.56. The number of halogens is 1. The Morgan fingerprint density at radius 2 is 1.85 bits per heavy atom. The number of ether oxygens (including phenoxy) is 2. The van der Waals surface area contributed by atoms with Crippen molar-refractivity contribution in [2.24, 2.45) is 5.92 Å². The smallest absolute Gasteiger partial charge is 0.230 e. The molecular weight excluding hydrogens is 512 g/mol. The van der Waals surface area contributed by atoms with Gasteiger partial charge in [0.1, 0.15) is 13.2 Å². The molecule has 0 aromatic heterocycles. The molecule has 1 aliphatic carbocycles. The van der Waals surface area contributed by atoms with E-state index >= 15 is 0 Å². The molecule has 1 N–H and O–H groups in total. The molecule has 5 rings (SSSR count). The summed E-state index contributed by atoms with van der Waals surface area (Å²) < 4.78 is 38.2. The molecule has 10 heteroatoms. The first-order chi connectivity index (χ1) is 15.8. The van der Waals surface area contributed by atoms with Crippen molar-refractivity contribution in [2.75, 3.05) is 35.7 Å². The molecule has 174 valence electrons. The topological polar surface area (TPSA) is 102 Å². The van der Waals surface area contributed by atoms with E-state index in [1.54, 1.807) is 23.1 Å². The summed E-state index contributed by atoms with van der Waals surface area (Å²) >= 11 is 3.39. The lowest BCUT2D eigenvalue weighted by Gasteiger charge is -2.21. The zero-order chi connectivity index (χ0) is 23.2. The lowest BCUT2D eigenvalue weighted by atomic mass is 10.2. The average molecular weight is 535 g/mol. The van der Waals surface area contributed by atoms with Crippen LogP contribution in [0.2, 0.25) is 0 Å². The second kappa shape index (κ2) is 8.64. The number of nitrogens with one attached hydrogen (secondary N) is 1. The van der Waals surface area contributed by atoms with Crippen molar-refractivity contribution >= 4 is 49.0 Å². The maximum absolute atomic E-state index is 13.3. The summed E-state index contributed by atoms with van der Waals surface area (Å²) in [6.07, 6.45) is 2.10. The van der Waals surface area contributed by atoms with Gasteiger partial charge in [-0.2, -0.15) is 0 Å². The Morgan fingerprint density at radius 3 is 2.61 bits per heavy atom. The molecule has 3 aliphatic rings. The number of sulfone groups is 1. The van der Waals surface area contributed by atoms with E-state index in [1.807, 2.05) is 6.07 Å². The molecule has 1 saturated carbocycles. The zero-order valence-corrected chi connectivity index (χ0v) is 20.2. The van der Waals surface area contributed by atoms with Gasteiger partial charge in [0, 0.05) is 35.1 Å². The lowest BCUT2D eigenvalue weighted by Crippen LogP contribution is -2.31. The van der Waals surface area contributed by atoms with Crippen molar-refractivity contribution in [2.45, 2.75) is 30.6 Å². The molecule has 0 spiro atoms. The van der Waals surface area contributed by atoms with E-state index in [-0.39, 0.29) is 28.9 Å². The van der Waals surface area contributed by atoms with Crippen molar-refractivity contribution in [3.8, 4) is 11.5 Å². The second-order valence-corrected chi connectivity index (χ2v) is 11.4. The van der Waals surface area contributed by atoms with Crippen LogP contribution in [0, 0.1) is 5.92 Å². The van der Waals surface area contributed by atoms with Crippen molar-refractivity contribution in [1.29, 1.82) is 0 Å². The first-order valence-electron chi connectivity index (χ1n) is 10.9. The SMILES string of the molecule is O=C(CCS(=O)(=O)c1cc(Br)cc2c1N(C(=O)C1CC1)CC2)Nc1ccc2c(c1)OCCO2. The minimum atomic E-state index is -3.81. The summed E-state index contributed by atoms with van der Waals surface area (Å²) in [5, 5.41) is 2.72. The molecule has 2 aromatic rings. The Morgan fingerprint density at radius 1 is 1.09 bits per heavy atom. The maximum atomic E-state index is 13.3. The molecule has 8 nitrogen and oxygen atoms in total. The highest BCUT2D eigenvalue weighted by Gasteiger charge is 2.39. The van der Waals surface area contributed by atoms with Gasteiger partial charge in [0.2, 0.25) is 11.8 Å². The highest BCUT2D eigenvalue weighted by atomic mass is 79.9. The second-order valence-electron chi connectivity index (χ2n) is 8.40. The van der Waals surface area contributed by atoms with Crippen molar-refractivity contribution < 1.29 is 27.5 Å². The van der Waals surface area contributed by atoms with Gasteiger partial charge >= 0.3 is 0 Å². The van der Waals surface area contributed by atoms with Crippen LogP contribution in [0.1, 0.15) is 24.8 Å². The van der Waals surface area contributed by atoms with Crippen LogP contribution in [0.25, 0.3) is 0 Å². The normalized spacial score (nSPS) is 16.9. The Hall–Kier alpha value is -2.59. The van der Waals surface area contributed by atoms with E-state index in [9.17, 15) is 18.0 Å². The van der Waals surface area contributed by atoms with E-state index in [0.29, 0.717) is 53.5 Å². The molecule has 0 saturated heterocycles. The van der Waals surface area contributed by atoms with Crippen LogP contribution < -0.4 is 19.7 Å². The number of carbonyl (C=O) groups is 2. The molecule has 2 aromatic carbocycles. The number of anilines is 2. The Labute approximate surface area is 200 Å². The minimum absolute atomic E-state index is 0.00748. The third-order valence-electron chi connectivity index (χ3n) is 5.94. The molecule has 1 fully saturated rings. The summed E-state index contributed by atoms with van der Waals surface area (Å²) in [6, 6.07) is 8.44. The van der Waals surface area contributed by atoms with Crippen LogP contribution in [0.15, 0.2) is 39.7 Å². The first-order valence-corrected chi connectivity index (χ1v) is 13.3. The van der Waals surface area contributed by atoms with Gasteiger partial charge in [-0.1, -0.05) is 15.9 Å². The van der Waals surface area contributed by atoms with Gasteiger partial charge < -0.3 is 19.7 Å². The number of nitrogens with zero attached hydrogens (tertiary/aromatic N) is 1. The van der Waals surface area contributed by atoms with Gasteiger partial charge in [-0.15, -0.1) is 0 Å². The number of amides is 2. The maximum Gasteiger partial charge on any atom is 0.230 e. The quantitative estimate of drug-likeness (QED) is 0.609. The van der Waals surface area contributed by atoms with E-state index in [0.717, 1.165) is 18.4 Å². The van der Waals surface area contributed by atoms with Crippen LogP contribution in [0.3, 0.4) is 0 Å². The van der Waals surface area contributed by atoms with Crippen LogP contribution in [-0.2, 0) is 25.8 Å². The van der Waals surface area contributed by atoms with Gasteiger partial charge in [-0.05, 0) is 49.1 Å². The summed E-state index contributed by atoms with van der Waals surface area (Å²) in [7, 11) is -3.81. The Balaban J connectivity index is 1.31. The van der Waals surface area contributed by atoms with Crippen molar-refractivity contribution in [1.82, 2.24) is 0 Å². The van der Waals surface area contributed by atoms with E-state index in [2.05, 4.69) is 21.2 Å². The minimum Gasteiger partial charge on any atom is -0.486 e. The number of fused-ring (bicyclic) bond motifs is 2. The van der Waals surface area contributed by atoms with E-state index < -0.39 is 15.7 Å². The van der Waals surface area contributed by atoms with Crippen molar-refractivity contribution in [3.05, 3.63) is 40.4 Å². The first kappa shape index (κ1) is 22.2. The Bertz CT molecular complexity index is 1240. The lowest BCUT2D eigenvalue weighted by molar-refractivity contribution is -0.119. The van der Waals surface area contributed by atoms with Crippen molar-refractivity contribution in [3.63, 3.8) is 0 Å². The number of rotatable bonds is 6. The molecule has 0 unspecified atom stereocenters. The predicted molar refractivity (Wildman–Crippen MR) is 126 cm³/mol. The van der Waals surface area contributed by atoms with Gasteiger partial charge in [0.25, 0.3) is 0 Å². The van der Waals surface area contributed by atoms with Gasteiger partial charge in [0.05, 0.1) is 16.3 Å². The fourth-order valence-corrected chi connectivity index (χ4v) is 6.33. The third kappa shape index (κ3) is 4.59. The summed E-state index contributed by atoms with van der Waals surface area (Å²) in [4.78, 5) is 27.0. The highest BCUT2D eigenvalue weighted by molar-refractivity contribution is 9.10. The van der Waals surface area contributed by atoms with E-state index in [1.165, 1.54) is 6.07 Å². The van der Waals surface area contributed by atoms with Crippen LogP contribution in [0.5, 0.6) is 11.5 Å². The number of carbonyl (C=O) groups excluding carboxylic acids is 2. The van der Waals surface area contributed by atoms with Crippen LogP contribution >= 0.6 is 15.9 Å². The monoisotopic (exact) mass is 534 g/mol. The fraction of sp³-hybridized carbons (Fsp3) is 0.391. The number of hydrogen-bond acceptors (Lipinski definition) is 6. The summed E-state index contributed by atoms with van der Waals surface area (Å²) in [6.45, 7) is 1.38. The zero-order valence-electron chi connectivity index (χ0n) is 17.8. The highest BCUT2D eigenvalue weighted by Crippen LogP contribution is 2.41. The molecule has 33 heavy (non-hydrogen) atoms. The predicted octanol–water partition coefficient (Wildman–Crippen LogP) is 3.32. The summed E-state index contributed by atoms with van der Waals surface area (Å²) in [5.74, 6) is 0.341. The third-order valence-corrected chi connectivity index (χ3v) is 8.13. The molecule has 2 amide bonds. The van der Waals surface area contributed by atoms with Gasteiger partial charge in [0.15, 0.2) is 21.3 Å². The molecular formula is C23H23BrN2O6S. The number of hydrogen-bond donors (Lipinski definition) is 1. The molecule has 0 bridgehead atoms. The molecule has 0 radical (unpaired) electrons. The molecule has 2 aliphatic heterocycles. The van der Waals surface area contributed by atoms with Gasteiger partial charge in [-0.3, -0.25) is 9.59 Å². The Kier molecular flexibility index (Phi) is 5.82. The van der Waals surface area contributed by atoms with E-state index in [4.69, 9.17) is 9.47 Å². The van der Waals surface area contributed by atoms with Crippen LogP contribution in [-0.4, -0.2) is 45.7 Å². The molecule has 2 heterocycles.